The molecular formula is C28H44O9. The van der Waals surface area contributed by atoms with Crippen molar-refractivity contribution in [2.24, 2.45) is 22.7 Å². The molecule has 9 nitrogen and oxygen atoms in total. The molecule has 1 heterocycles. The number of hydrogen-bond donors (Lipinski definition) is 5. The maximum absolute atomic E-state index is 12.1. The molecule has 0 bridgehead atoms. The smallest absolute Gasteiger partial charge is 0.303 e. The fourth-order valence-electron chi connectivity index (χ4n) is 7.20. The van der Waals surface area contributed by atoms with Crippen LogP contribution in [0.15, 0.2) is 22.8 Å². The van der Waals surface area contributed by atoms with Crippen LogP contribution in [-0.4, -0.2) is 87.6 Å². The number of carbonyl (C=O) groups is 1. The molecule has 0 aromatic heterocycles. The van der Waals surface area contributed by atoms with Crippen molar-refractivity contribution in [3.05, 3.63) is 22.8 Å². The molecule has 0 spiro atoms. The van der Waals surface area contributed by atoms with Gasteiger partial charge in [-0.25, -0.2) is 0 Å². The van der Waals surface area contributed by atoms with E-state index >= 15 is 0 Å². The normalized spacial score (nSPS) is 44.2. The monoisotopic (exact) mass is 524 g/mol. The highest BCUT2D eigenvalue weighted by Gasteiger charge is 2.57. The van der Waals surface area contributed by atoms with E-state index in [1.165, 1.54) is 18.1 Å². The summed E-state index contributed by atoms with van der Waals surface area (Å²) in [5.74, 6) is -0.0854. The van der Waals surface area contributed by atoms with Crippen LogP contribution >= 0.6 is 0 Å². The van der Waals surface area contributed by atoms with Crippen LogP contribution in [0.5, 0.6) is 0 Å². The number of esters is 1. The molecule has 4 aliphatic rings. The summed E-state index contributed by atoms with van der Waals surface area (Å²) in [6, 6.07) is 0. The van der Waals surface area contributed by atoms with Crippen LogP contribution in [0.2, 0.25) is 0 Å². The van der Waals surface area contributed by atoms with Crippen LogP contribution in [0, 0.1) is 22.7 Å². The molecule has 0 aromatic rings. The van der Waals surface area contributed by atoms with Crippen molar-refractivity contribution in [1.29, 1.82) is 0 Å². The van der Waals surface area contributed by atoms with Crippen LogP contribution in [0.25, 0.3) is 0 Å². The Hall–Kier alpha value is -1.33. The Bertz CT molecular complexity index is 927. The van der Waals surface area contributed by atoms with Gasteiger partial charge in [-0.05, 0) is 54.9 Å². The SMILES string of the molecule is CC(=O)O[C@@H]1CC2C3=C(C(C)C)CC[C@]3(C)CCC2(C)[C@@H](O[C@H]2O[C@@H](CO)[C@H](O)[C@@H](O)[C@@H]2O)C=C1CO. The molecule has 210 valence electrons. The van der Waals surface area contributed by atoms with Gasteiger partial charge in [-0.15, -0.1) is 0 Å². The number of rotatable bonds is 6. The molecular weight excluding hydrogens is 480 g/mol. The number of fused-ring (bicyclic) bond motifs is 3. The molecule has 9 heteroatoms. The minimum Gasteiger partial charge on any atom is -0.458 e. The van der Waals surface area contributed by atoms with Crippen molar-refractivity contribution in [3.8, 4) is 0 Å². The third-order valence-corrected chi connectivity index (χ3v) is 9.50. The second kappa shape index (κ2) is 10.7. The van der Waals surface area contributed by atoms with Crippen molar-refractivity contribution in [3.63, 3.8) is 0 Å². The van der Waals surface area contributed by atoms with E-state index in [0.717, 1.165) is 25.7 Å². The average molecular weight is 525 g/mol. The van der Waals surface area contributed by atoms with Crippen LogP contribution in [0.3, 0.4) is 0 Å². The number of hydrogen-bond acceptors (Lipinski definition) is 9. The lowest BCUT2D eigenvalue weighted by Gasteiger charge is -2.53. The van der Waals surface area contributed by atoms with E-state index in [9.17, 15) is 30.3 Å². The van der Waals surface area contributed by atoms with Crippen molar-refractivity contribution >= 4 is 5.97 Å². The predicted molar refractivity (Wildman–Crippen MR) is 134 cm³/mol. The molecule has 5 N–H and O–H groups in total. The number of allylic oxidation sites excluding steroid dienone is 2. The average Bonchev–Trinajstić information content (AvgIpc) is 3.15. The second-order valence-corrected chi connectivity index (χ2v) is 12.2. The maximum Gasteiger partial charge on any atom is 0.303 e. The first-order chi connectivity index (χ1) is 17.4. The third-order valence-electron chi connectivity index (χ3n) is 9.50. The fraction of sp³-hybridized carbons (Fsp3) is 0.821. The van der Waals surface area contributed by atoms with Gasteiger partial charge in [0.1, 0.15) is 30.5 Å². The zero-order chi connectivity index (χ0) is 27.3. The number of carbonyl (C=O) groups excluding carboxylic acids is 1. The lowest BCUT2D eigenvalue weighted by molar-refractivity contribution is -0.316. The van der Waals surface area contributed by atoms with Gasteiger partial charge in [-0.2, -0.15) is 0 Å². The molecule has 1 saturated carbocycles. The first kappa shape index (κ1) is 28.7. The summed E-state index contributed by atoms with van der Waals surface area (Å²) in [5, 5.41) is 51.3. The van der Waals surface area contributed by atoms with Gasteiger partial charge < -0.3 is 39.7 Å². The quantitative estimate of drug-likeness (QED) is 0.258. The highest BCUT2D eigenvalue weighted by molar-refractivity contribution is 5.66. The Labute approximate surface area is 219 Å². The van der Waals surface area contributed by atoms with Gasteiger partial charge in [0.15, 0.2) is 6.29 Å². The van der Waals surface area contributed by atoms with Gasteiger partial charge in [-0.1, -0.05) is 44.9 Å². The first-order valence-corrected chi connectivity index (χ1v) is 13.5. The van der Waals surface area contributed by atoms with Gasteiger partial charge in [0.05, 0.1) is 19.3 Å². The van der Waals surface area contributed by atoms with Crippen LogP contribution in [-0.2, 0) is 19.0 Å². The van der Waals surface area contributed by atoms with Gasteiger partial charge in [0.25, 0.3) is 0 Å². The lowest BCUT2D eigenvalue weighted by Crippen LogP contribution is -2.60. The Balaban J connectivity index is 1.79. The lowest BCUT2D eigenvalue weighted by atomic mass is 9.54. The summed E-state index contributed by atoms with van der Waals surface area (Å²) >= 11 is 0. The van der Waals surface area contributed by atoms with E-state index in [-0.39, 0.29) is 17.9 Å². The largest absolute Gasteiger partial charge is 0.458 e. The van der Waals surface area contributed by atoms with E-state index in [1.54, 1.807) is 6.08 Å². The summed E-state index contributed by atoms with van der Waals surface area (Å²) in [7, 11) is 0. The maximum atomic E-state index is 12.1. The summed E-state index contributed by atoms with van der Waals surface area (Å²) in [4.78, 5) is 12.1. The van der Waals surface area contributed by atoms with Gasteiger partial charge >= 0.3 is 5.97 Å². The molecule has 2 fully saturated rings. The Morgan fingerprint density at radius 2 is 1.81 bits per heavy atom. The Kier molecular flexibility index (Phi) is 8.27. The van der Waals surface area contributed by atoms with Crippen molar-refractivity contribution < 1.29 is 44.5 Å². The number of ether oxygens (including phenoxy) is 3. The van der Waals surface area contributed by atoms with Crippen molar-refractivity contribution in [2.45, 2.75) is 110 Å². The highest BCUT2D eigenvalue weighted by Crippen LogP contribution is 2.63. The van der Waals surface area contributed by atoms with E-state index in [4.69, 9.17) is 14.2 Å². The summed E-state index contributed by atoms with van der Waals surface area (Å²) in [6.07, 6.45) is -2.14. The Morgan fingerprint density at radius 1 is 1.11 bits per heavy atom. The minimum atomic E-state index is -1.56. The summed E-state index contributed by atoms with van der Waals surface area (Å²) in [5.41, 5.74) is 2.88. The molecule has 0 aromatic carbocycles. The van der Waals surface area contributed by atoms with E-state index in [0.29, 0.717) is 17.9 Å². The summed E-state index contributed by atoms with van der Waals surface area (Å²) in [6.45, 7) is 9.35. The first-order valence-electron chi connectivity index (χ1n) is 13.5. The molecule has 10 atom stereocenters. The summed E-state index contributed by atoms with van der Waals surface area (Å²) < 4.78 is 17.8. The van der Waals surface area contributed by atoms with E-state index in [2.05, 4.69) is 27.7 Å². The molecule has 37 heavy (non-hydrogen) atoms. The van der Waals surface area contributed by atoms with E-state index < -0.39 is 60.9 Å². The van der Waals surface area contributed by atoms with Crippen molar-refractivity contribution in [2.75, 3.05) is 13.2 Å². The molecule has 0 radical (unpaired) electrons. The minimum absolute atomic E-state index is 0.0225. The van der Waals surface area contributed by atoms with E-state index in [1.807, 2.05) is 0 Å². The fourth-order valence-corrected chi connectivity index (χ4v) is 7.20. The molecule has 1 aliphatic heterocycles. The van der Waals surface area contributed by atoms with Gasteiger partial charge in [0.2, 0.25) is 0 Å². The van der Waals surface area contributed by atoms with Crippen LogP contribution in [0.4, 0.5) is 0 Å². The number of aliphatic hydroxyl groups is 5. The third kappa shape index (κ3) is 5.04. The number of aliphatic hydroxyl groups excluding tert-OH is 5. The zero-order valence-corrected chi connectivity index (χ0v) is 22.6. The standard InChI is InChI=1S/C28H44O9/c1-14(2)17-6-7-27(4)8-9-28(5)18(22(17)27)11-19(35-15(3)31)16(12-29)10-21(28)37-26-25(34)24(33)23(32)20(13-30)36-26/h10,14,18-21,23-26,29-30,32-34H,6-9,11-13H2,1-5H3/t18?,19-,20+,21+,23+,24-,25+,26-,27-,28?/m1/s1. The van der Waals surface area contributed by atoms with Crippen molar-refractivity contribution in [1.82, 2.24) is 0 Å². The Morgan fingerprint density at radius 3 is 2.41 bits per heavy atom. The topological polar surface area (TPSA) is 146 Å². The molecule has 4 rings (SSSR count). The highest BCUT2D eigenvalue weighted by atomic mass is 16.7. The molecule has 2 unspecified atom stereocenters. The predicted octanol–water partition coefficient (Wildman–Crippen LogP) is 1.59. The zero-order valence-electron chi connectivity index (χ0n) is 22.6. The second-order valence-electron chi connectivity index (χ2n) is 12.2. The molecule has 3 aliphatic carbocycles. The van der Waals surface area contributed by atoms with Gasteiger partial charge in [-0.3, -0.25) is 4.79 Å². The molecule has 1 saturated heterocycles. The molecule has 0 amide bonds. The van der Waals surface area contributed by atoms with Crippen LogP contribution < -0.4 is 0 Å². The van der Waals surface area contributed by atoms with Crippen LogP contribution in [0.1, 0.15) is 66.7 Å². The van der Waals surface area contributed by atoms with Gasteiger partial charge in [0, 0.05) is 12.3 Å².